The van der Waals surface area contributed by atoms with Crippen molar-refractivity contribution >= 4 is 39.9 Å². The Labute approximate surface area is 175 Å². The van der Waals surface area contributed by atoms with Crippen molar-refractivity contribution < 1.29 is 9.59 Å². The molecule has 0 saturated heterocycles. The first-order valence-corrected chi connectivity index (χ1v) is 9.82. The quantitative estimate of drug-likeness (QED) is 0.613. The van der Waals surface area contributed by atoms with E-state index in [-0.39, 0.29) is 30.9 Å². The molecule has 29 heavy (non-hydrogen) atoms. The Morgan fingerprint density at radius 2 is 1.59 bits per heavy atom. The van der Waals surface area contributed by atoms with E-state index in [2.05, 4.69) is 28.8 Å². The van der Waals surface area contributed by atoms with Gasteiger partial charge in [0.1, 0.15) is 0 Å². The molecule has 0 aliphatic carbocycles. The van der Waals surface area contributed by atoms with E-state index < -0.39 is 0 Å². The second-order valence-electron chi connectivity index (χ2n) is 7.06. The van der Waals surface area contributed by atoms with Gasteiger partial charge in [0, 0.05) is 0 Å². The highest BCUT2D eigenvalue weighted by Gasteiger charge is 2.15. The van der Waals surface area contributed by atoms with Crippen LogP contribution in [0.4, 0.5) is 5.69 Å². The van der Waals surface area contributed by atoms with Gasteiger partial charge in [0.2, 0.25) is 11.8 Å². The minimum absolute atomic E-state index is 0.0846. The molecule has 0 fully saturated rings. The first-order valence-electron chi connectivity index (χ1n) is 9.44. The van der Waals surface area contributed by atoms with E-state index in [1.807, 2.05) is 31.2 Å². The van der Waals surface area contributed by atoms with Gasteiger partial charge >= 0.3 is 0 Å². The predicted molar refractivity (Wildman–Crippen MR) is 118 cm³/mol. The Balaban J connectivity index is 1.54. The Morgan fingerprint density at radius 1 is 0.931 bits per heavy atom. The van der Waals surface area contributed by atoms with Gasteiger partial charge in [0.15, 0.2) is 0 Å². The summed E-state index contributed by atoms with van der Waals surface area (Å²) in [7, 11) is 1.73. The number of anilines is 1. The number of amides is 2. The van der Waals surface area contributed by atoms with Crippen molar-refractivity contribution in [2.45, 2.75) is 13.0 Å². The molecule has 0 unspecified atom stereocenters. The highest BCUT2D eigenvalue weighted by Crippen LogP contribution is 2.24. The minimum atomic E-state index is -0.226. The molecule has 0 radical (unpaired) electrons. The molecule has 2 N–H and O–H groups in total. The lowest BCUT2D eigenvalue weighted by atomic mass is 10.00. The van der Waals surface area contributed by atoms with Crippen molar-refractivity contribution in [2.24, 2.45) is 0 Å². The van der Waals surface area contributed by atoms with Gasteiger partial charge in [-0.3, -0.25) is 14.5 Å². The molecular weight excluding hydrogens is 386 g/mol. The Hall–Kier alpha value is -2.89. The zero-order valence-corrected chi connectivity index (χ0v) is 17.2. The molecule has 3 rings (SSSR count). The summed E-state index contributed by atoms with van der Waals surface area (Å²) >= 11 is 6.05. The van der Waals surface area contributed by atoms with Crippen LogP contribution in [0.2, 0.25) is 5.02 Å². The average Bonchev–Trinajstić information content (AvgIpc) is 2.68. The summed E-state index contributed by atoms with van der Waals surface area (Å²) in [5, 5.41) is 8.51. The van der Waals surface area contributed by atoms with E-state index in [4.69, 9.17) is 11.6 Å². The summed E-state index contributed by atoms with van der Waals surface area (Å²) in [5.74, 6) is -0.367. The first-order chi connectivity index (χ1) is 13.9. The predicted octanol–water partition coefficient (Wildman–Crippen LogP) is 4.24. The SMILES string of the molecule is C[C@@H](NC(=O)CN(C)CC(=O)Nc1ccccc1Cl)c1cccc2ccccc12. The number of nitrogens with zero attached hydrogens (tertiary/aromatic N) is 1. The normalized spacial score (nSPS) is 12.0. The Bertz CT molecular complexity index is 1020. The topological polar surface area (TPSA) is 61.4 Å². The molecule has 6 heteroatoms. The van der Waals surface area contributed by atoms with Crippen LogP contribution in [0.5, 0.6) is 0 Å². The van der Waals surface area contributed by atoms with Crippen LogP contribution in [0, 0.1) is 0 Å². The van der Waals surface area contributed by atoms with Gasteiger partial charge in [0.05, 0.1) is 29.8 Å². The monoisotopic (exact) mass is 409 g/mol. The van der Waals surface area contributed by atoms with Gasteiger partial charge in [-0.05, 0) is 42.4 Å². The largest absolute Gasteiger partial charge is 0.348 e. The number of likely N-dealkylation sites (N-methyl/N-ethyl adjacent to an activating group) is 1. The smallest absolute Gasteiger partial charge is 0.238 e. The molecular formula is C23H24ClN3O2. The molecule has 0 aliphatic heterocycles. The number of nitrogens with one attached hydrogen (secondary N) is 2. The summed E-state index contributed by atoms with van der Waals surface area (Å²) in [4.78, 5) is 26.3. The van der Waals surface area contributed by atoms with Crippen molar-refractivity contribution in [3.05, 3.63) is 77.3 Å². The molecule has 0 aromatic heterocycles. The number of hydrogen-bond acceptors (Lipinski definition) is 3. The Morgan fingerprint density at radius 3 is 2.38 bits per heavy atom. The fourth-order valence-corrected chi connectivity index (χ4v) is 3.47. The second kappa shape index (κ2) is 9.54. The zero-order chi connectivity index (χ0) is 20.8. The third-order valence-electron chi connectivity index (χ3n) is 4.64. The zero-order valence-electron chi connectivity index (χ0n) is 16.5. The maximum atomic E-state index is 12.5. The third kappa shape index (κ3) is 5.56. The van der Waals surface area contributed by atoms with Crippen molar-refractivity contribution in [3.8, 4) is 0 Å². The fourth-order valence-electron chi connectivity index (χ4n) is 3.29. The summed E-state index contributed by atoms with van der Waals surface area (Å²) < 4.78 is 0. The van der Waals surface area contributed by atoms with E-state index in [1.165, 1.54) is 0 Å². The minimum Gasteiger partial charge on any atom is -0.348 e. The van der Waals surface area contributed by atoms with Crippen LogP contribution in [0.15, 0.2) is 66.7 Å². The van der Waals surface area contributed by atoms with Gasteiger partial charge in [-0.25, -0.2) is 0 Å². The average molecular weight is 410 g/mol. The molecule has 0 saturated carbocycles. The number of halogens is 1. The standard InChI is InChI=1S/C23H24ClN3O2/c1-16(18-11-7-9-17-8-3-4-10-19(17)18)25-22(28)14-27(2)15-23(29)26-21-13-6-5-12-20(21)24/h3-13,16H,14-15H2,1-2H3,(H,25,28)(H,26,29)/t16-/m1/s1. The summed E-state index contributed by atoms with van der Waals surface area (Å²) in [6, 6.07) is 21.1. The lowest BCUT2D eigenvalue weighted by Gasteiger charge is -2.20. The molecule has 5 nitrogen and oxygen atoms in total. The number of rotatable bonds is 7. The van der Waals surface area contributed by atoms with Gasteiger partial charge in [-0.2, -0.15) is 0 Å². The van der Waals surface area contributed by atoms with Gasteiger partial charge in [0.25, 0.3) is 0 Å². The van der Waals surface area contributed by atoms with Gasteiger partial charge < -0.3 is 10.6 Å². The van der Waals surface area contributed by atoms with E-state index in [9.17, 15) is 9.59 Å². The van der Waals surface area contributed by atoms with Crippen molar-refractivity contribution in [2.75, 3.05) is 25.5 Å². The number of carbonyl (C=O) groups excluding carboxylic acids is 2. The fraction of sp³-hybridized carbons (Fsp3) is 0.217. The second-order valence-corrected chi connectivity index (χ2v) is 7.47. The number of fused-ring (bicyclic) bond motifs is 1. The van der Waals surface area contributed by atoms with Crippen LogP contribution in [-0.2, 0) is 9.59 Å². The maximum absolute atomic E-state index is 12.5. The Kier molecular flexibility index (Phi) is 6.86. The van der Waals surface area contributed by atoms with E-state index in [0.717, 1.165) is 16.3 Å². The lowest BCUT2D eigenvalue weighted by molar-refractivity contribution is -0.123. The van der Waals surface area contributed by atoms with E-state index in [1.54, 1.807) is 36.2 Å². The summed E-state index contributed by atoms with van der Waals surface area (Å²) in [5.41, 5.74) is 1.62. The lowest BCUT2D eigenvalue weighted by Crippen LogP contribution is -2.39. The molecule has 1 atom stereocenters. The summed E-state index contributed by atoms with van der Waals surface area (Å²) in [6.07, 6.45) is 0. The van der Waals surface area contributed by atoms with Crippen LogP contribution in [-0.4, -0.2) is 36.9 Å². The molecule has 0 bridgehead atoms. The first kappa shape index (κ1) is 20.8. The number of carbonyl (C=O) groups is 2. The molecule has 0 spiro atoms. The maximum Gasteiger partial charge on any atom is 0.238 e. The van der Waals surface area contributed by atoms with Crippen LogP contribution < -0.4 is 10.6 Å². The highest BCUT2D eigenvalue weighted by molar-refractivity contribution is 6.33. The van der Waals surface area contributed by atoms with Crippen LogP contribution in [0.1, 0.15) is 18.5 Å². The number of hydrogen-bond donors (Lipinski definition) is 2. The van der Waals surface area contributed by atoms with Crippen LogP contribution >= 0.6 is 11.6 Å². The van der Waals surface area contributed by atoms with Crippen LogP contribution in [0.25, 0.3) is 10.8 Å². The molecule has 0 heterocycles. The third-order valence-corrected chi connectivity index (χ3v) is 4.97. The van der Waals surface area contributed by atoms with Crippen LogP contribution in [0.3, 0.4) is 0 Å². The van der Waals surface area contributed by atoms with Crippen molar-refractivity contribution in [1.82, 2.24) is 10.2 Å². The van der Waals surface area contributed by atoms with E-state index >= 15 is 0 Å². The summed E-state index contributed by atoms with van der Waals surface area (Å²) in [6.45, 7) is 2.16. The molecule has 0 aliphatic rings. The van der Waals surface area contributed by atoms with E-state index in [0.29, 0.717) is 10.7 Å². The number of para-hydroxylation sites is 1. The molecule has 3 aromatic carbocycles. The van der Waals surface area contributed by atoms with Crippen molar-refractivity contribution in [1.29, 1.82) is 0 Å². The van der Waals surface area contributed by atoms with Gasteiger partial charge in [-0.15, -0.1) is 0 Å². The van der Waals surface area contributed by atoms with Crippen molar-refractivity contribution in [3.63, 3.8) is 0 Å². The van der Waals surface area contributed by atoms with Gasteiger partial charge in [-0.1, -0.05) is 66.2 Å². The highest BCUT2D eigenvalue weighted by atomic mass is 35.5. The molecule has 3 aromatic rings. The molecule has 2 amide bonds. The molecule has 150 valence electrons. The number of benzene rings is 3.